The van der Waals surface area contributed by atoms with Crippen LogP contribution in [-0.4, -0.2) is 149 Å². The molecule has 15 nitrogen and oxygen atoms in total. The average molecular weight is 792 g/mol. The predicted octanol–water partition coefficient (Wildman–Crippen LogP) is 4.87. The summed E-state index contributed by atoms with van der Waals surface area (Å²) in [5, 5.41) is 11.8. The van der Waals surface area contributed by atoms with E-state index in [0.717, 1.165) is 0 Å². The number of rotatable bonds is 16. The summed E-state index contributed by atoms with van der Waals surface area (Å²) in [7, 11) is 0. The maximum atomic E-state index is 13.2. The van der Waals surface area contributed by atoms with Crippen LogP contribution in [0.25, 0.3) is 0 Å². The van der Waals surface area contributed by atoms with Crippen molar-refractivity contribution in [3.05, 3.63) is 39.9 Å². The smallest absolute Gasteiger partial charge is 0.320 e. The molecule has 1 aromatic rings. The van der Waals surface area contributed by atoms with Gasteiger partial charge in [-0.15, -0.1) is 0 Å². The van der Waals surface area contributed by atoms with E-state index in [-0.39, 0.29) is 61.3 Å². The van der Waals surface area contributed by atoms with Crippen LogP contribution < -0.4 is 0 Å². The van der Waals surface area contributed by atoms with Gasteiger partial charge in [0, 0.05) is 63.5 Å². The van der Waals surface area contributed by atoms with Crippen LogP contribution in [-0.2, 0) is 44.5 Å². The largest absolute Gasteiger partial charge is 0.459 e. The zero-order valence-electron chi connectivity index (χ0n) is 36.1. The molecule has 318 valence electrons. The Labute approximate surface area is 334 Å². The number of nitrogens with zero attached hydrogens (tertiary/aromatic N) is 5. The van der Waals surface area contributed by atoms with E-state index >= 15 is 0 Å². The molecule has 0 aliphatic carbocycles. The van der Waals surface area contributed by atoms with Crippen LogP contribution in [0.1, 0.15) is 101 Å². The van der Waals surface area contributed by atoms with E-state index in [0.29, 0.717) is 64.1 Å². The standard InChI is InChI=1S/C41H69N5O10/c1-38(2,3)53-34(47)27-42-20-21-43(28-35(48)54-39(4,5)6)23-25-45(24-22-42)32(18-15-17-31-16-13-14-19-33(31)46(51)52)26-44(29-36(49)55-40(7,8)9)30-37(50)56-41(10,11)12/h13-14,16,19,32H,15,17-18,20-30H2,1-12H3. The van der Waals surface area contributed by atoms with Crippen LogP contribution in [0.3, 0.4) is 0 Å². The van der Waals surface area contributed by atoms with Crippen molar-refractivity contribution in [3.8, 4) is 0 Å². The van der Waals surface area contributed by atoms with Crippen molar-refractivity contribution in [2.75, 3.05) is 72.0 Å². The monoisotopic (exact) mass is 792 g/mol. The zero-order chi connectivity index (χ0) is 42.5. The maximum absolute atomic E-state index is 13.2. The van der Waals surface area contributed by atoms with Gasteiger partial charge in [-0.1, -0.05) is 18.2 Å². The van der Waals surface area contributed by atoms with Crippen LogP contribution in [0.4, 0.5) is 5.69 Å². The summed E-state index contributed by atoms with van der Waals surface area (Å²) in [6.07, 6.45) is 1.57. The van der Waals surface area contributed by atoms with Crippen LogP contribution in [0.5, 0.6) is 0 Å². The van der Waals surface area contributed by atoms with Gasteiger partial charge in [-0.2, -0.15) is 0 Å². The van der Waals surface area contributed by atoms with Gasteiger partial charge in [0.1, 0.15) is 22.4 Å². The van der Waals surface area contributed by atoms with Crippen molar-refractivity contribution >= 4 is 29.6 Å². The van der Waals surface area contributed by atoms with Crippen molar-refractivity contribution < 1.29 is 43.0 Å². The fourth-order valence-electron chi connectivity index (χ4n) is 6.37. The predicted molar refractivity (Wildman–Crippen MR) is 214 cm³/mol. The molecule has 1 unspecified atom stereocenters. The number of carbonyl (C=O) groups is 4. The first-order chi connectivity index (χ1) is 25.7. The first-order valence-corrected chi connectivity index (χ1v) is 19.7. The Bertz CT molecular complexity index is 1390. The molecule has 1 heterocycles. The van der Waals surface area contributed by atoms with E-state index in [1.165, 1.54) is 6.07 Å². The second-order valence-electron chi connectivity index (χ2n) is 18.5. The minimum absolute atomic E-state index is 0.0527. The highest BCUT2D eigenvalue weighted by Crippen LogP contribution is 2.22. The van der Waals surface area contributed by atoms with E-state index in [4.69, 9.17) is 18.9 Å². The minimum atomic E-state index is -0.741. The topological polar surface area (TPSA) is 161 Å². The summed E-state index contributed by atoms with van der Waals surface area (Å²) >= 11 is 0. The molecular formula is C41H69N5O10. The quantitative estimate of drug-likeness (QED) is 0.0965. The SMILES string of the molecule is CC(C)(C)OC(=O)CN1CCN(CC(=O)OC(C)(C)C)CCN(C(CCCc2ccccc2[N+](=O)[O-])CN(CC(=O)OC(C)(C)C)CC(=O)OC(C)(C)C)CC1. The van der Waals surface area contributed by atoms with Crippen molar-refractivity contribution in [1.29, 1.82) is 0 Å². The van der Waals surface area contributed by atoms with Gasteiger partial charge in [-0.3, -0.25) is 48.9 Å². The fraction of sp³-hybridized carbons (Fsp3) is 0.756. The second kappa shape index (κ2) is 21.2. The number of carbonyl (C=O) groups excluding carboxylic acids is 4. The van der Waals surface area contributed by atoms with Gasteiger partial charge in [-0.05, 0) is 102 Å². The molecule has 0 N–H and O–H groups in total. The number of nitro benzene ring substituents is 1. The molecule has 1 atom stereocenters. The summed E-state index contributed by atoms with van der Waals surface area (Å²) < 4.78 is 22.6. The van der Waals surface area contributed by atoms with Gasteiger partial charge in [0.05, 0.1) is 31.1 Å². The molecule has 0 saturated carbocycles. The molecule has 1 fully saturated rings. The van der Waals surface area contributed by atoms with E-state index in [1.807, 2.05) is 51.3 Å². The number of aryl methyl sites for hydroxylation is 1. The molecule has 0 bridgehead atoms. The van der Waals surface area contributed by atoms with Crippen LogP contribution in [0.15, 0.2) is 24.3 Å². The van der Waals surface area contributed by atoms with E-state index in [1.54, 1.807) is 64.6 Å². The molecular weight excluding hydrogens is 722 g/mol. The Kier molecular flexibility index (Phi) is 18.4. The lowest BCUT2D eigenvalue weighted by atomic mass is 10.0. The second-order valence-corrected chi connectivity index (χ2v) is 18.5. The number of esters is 4. The Morgan fingerprint density at radius 2 is 1.05 bits per heavy atom. The normalized spacial score (nSPS) is 16.3. The van der Waals surface area contributed by atoms with Gasteiger partial charge >= 0.3 is 23.9 Å². The number of hydrogen-bond acceptors (Lipinski definition) is 14. The lowest BCUT2D eigenvalue weighted by Gasteiger charge is -2.37. The third kappa shape index (κ3) is 21.0. The molecule has 0 aromatic heterocycles. The number of benzene rings is 1. The van der Waals surface area contributed by atoms with Gasteiger partial charge < -0.3 is 18.9 Å². The van der Waals surface area contributed by atoms with Crippen LogP contribution >= 0.6 is 0 Å². The summed E-state index contributed by atoms with van der Waals surface area (Å²) in [4.78, 5) is 72.0. The van der Waals surface area contributed by atoms with Crippen molar-refractivity contribution in [1.82, 2.24) is 19.6 Å². The molecule has 1 saturated heterocycles. The third-order valence-electron chi connectivity index (χ3n) is 8.39. The van der Waals surface area contributed by atoms with Crippen molar-refractivity contribution in [2.45, 2.75) is 131 Å². The number of hydrogen-bond donors (Lipinski definition) is 0. The van der Waals surface area contributed by atoms with Crippen LogP contribution in [0.2, 0.25) is 0 Å². The molecule has 1 aromatic carbocycles. The summed E-state index contributed by atoms with van der Waals surface area (Å²) in [5.74, 6) is -1.69. The fourth-order valence-corrected chi connectivity index (χ4v) is 6.37. The Hall–Kier alpha value is -3.66. The van der Waals surface area contributed by atoms with Gasteiger partial charge in [0.15, 0.2) is 0 Å². The number of ether oxygens (including phenoxy) is 4. The molecule has 0 spiro atoms. The van der Waals surface area contributed by atoms with E-state index in [9.17, 15) is 29.3 Å². The first-order valence-electron chi connectivity index (χ1n) is 19.7. The highest BCUT2D eigenvalue weighted by molar-refractivity contribution is 5.75. The molecule has 1 aliphatic rings. The lowest BCUT2D eigenvalue weighted by molar-refractivity contribution is -0.385. The molecule has 0 amide bonds. The molecule has 1 aliphatic heterocycles. The summed E-state index contributed by atoms with van der Waals surface area (Å²) in [6.45, 7) is 24.7. The Morgan fingerprint density at radius 3 is 1.46 bits per heavy atom. The summed E-state index contributed by atoms with van der Waals surface area (Å²) in [6, 6.07) is 6.42. The van der Waals surface area contributed by atoms with Gasteiger partial charge in [0.25, 0.3) is 5.69 Å². The lowest BCUT2D eigenvalue weighted by Crippen LogP contribution is -2.51. The third-order valence-corrected chi connectivity index (χ3v) is 8.39. The highest BCUT2D eigenvalue weighted by atomic mass is 16.6. The Balaban J connectivity index is 2.53. The molecule has 56 heavy (non-hydrogen) atoms. The number of nitro groups is 1. The van der Waals surface area contributed by atoms with Gasteiger partial charge in [0.2, 0.25) is 0 Å². The van der Waals surface area contributed by atoms with Gasteiger partial charge in [-0.25, -0.2) is 0 Å². The van der Waals surface area contributed by atoms with E-state index in [2.05, 4.69) is 4.90 Å². The molecule has 15 heteroatoms. The molecule has 0 radical (unpaired) electrons. The van der Waals surface area contributed by atoms with Crippen molar-refractivity contribution in [3.63, 3.8) is 0 Å². The van der Waals surface area contributed by atoms with E-state index < -0.39 is 34.3 Å². The highest BCUT2D eigenvalue weighted by Gasteiger charge is 2.31. The van der Waals surface area contributed by atoms with Crippen LogP contribution in [0, 0.1) is 10.1 Å². The summed E-state index contributed by atoms with van der Waals surface area (Å²) in [5.41, 5.74) is -2.12. The first kappa shape index (κ1) is 48.5. The zero-order valence-corrected chi connectivity index (χ0v) is 36.1. The average Bonchev–Trinajstić information content (AvgIpc) is 3.07. The molecule has 2 rings (SSSR count). The minimum Gasteiger partial charge on any atom is -0.459 e. The number of para-hydroxylation sites is 1. The van der Waals surface area contributed by atoms with Crippen molar-refractivity contribution in [2.24, 2.45) is 0 Å². The maximum Gasteiger partial charge on any atom is 0.320 e. The Morgan fingerprint density at radius 1 is 0.661 bits per heavy atom.